The van der Waals surface area contributed by atoms with Gasteiger partial charge >= 0.3 is 0 Å². The fourth-order valence-electron chi connectivity index (χ4n) is 2.90. The second-order valence-corrected chi connectivity index (χ2v) is 8.43. The summed E-state index contributed by atoms with van der Waals surface area (Å²) in [5.41, 5.74) is 0.848. The van der Waals surface area contributed by atoms with Crippen LogP contribution >= 0.6 is 0 Å². The quantitative estimate of drug-likeness (QED) is 0.877. The largest absolute Gasteiger partial charge is 0.495 e. The van der Waals surface area contributed by atoms with Crippen molar-refractivity contribution >= 4 is 15.9 Å². The third-order valence-electron chi connectivity index (χ3n) is 4.12. The summed E-state index contributed by atoms with van der Waals surface area (Å²) in [6, 6.07) is 5.13. The van der Waals surface area contributed by atoms with Crippen molar-refractivity contribution in [2.75, 3.05) is 20.2 Å². The van der Waals surface area contributed by atoms with Gasteiger partial charge in [0, 0.05) is 19.1 Å². The Morgan fingerprint density at radius 3 is 2.71 bits per heavy atom. The number of carbonyl (C=O) groups is 1. The summed E-state index contributed by atoms with van der Waals surface area (Å²) >= 11 is 0. The van der Waals surface area contributed by atoms with Crippen LogP contribution in [0.25, 0.3) is 0 Å². The molecule has 0 bridgehead atoms. The predicted octanol–water partition coefficient (Wildman–Crippen LogP) is 1.93. The summed E-state index contributed by atoms with van der Waals surface area (Å²) in [6.07, 6.45) is 1.37. The molecule has 1 atom stereocenters. The van der Waals surface area contributed by atoms with E-state index < -0.39 is 10.0 Å². The van der Waals surface area contributed by atoms with Crippen LogP contribution in [0.15, 0.2) is 23.1 Å². The topological polar surface area (TPSA) is 75.7 Å². The first-order valence-electron chi connectivity index (χ1n) is 8.21. The maximum absolute atomic E-state index is 13.0. The Balaban J connectivity index is 2.26. The summed E-state index contributed by atoms with van der Waals surface area (Å²) in [7, 11) is -2.24. The van der Waals surface area contributed by atoms with Crippen molar-refractivity contribution in [2.24, 2.45) is 5.92 Å². The second kappa shape index (κ2) is 7.53. The van der Waals surface area contributed by atoms with Gasteiger partial charge in [-0.25, -0.2) is 8.42 Å². The number of benzene rings is 1. The highest BCUT2D eigenvalue weighted by Gasteiger charge is 2.34. The monoisotopic (exact) mass is 354 g/mol. The normalized spacial score (nSPS) is 19.3. The van der Waals surface area contributed by atoms with Crippen molar-refractivity contribution in [2.45, 2.75) is 44.6 Å². The van der Waals surface area contributed by atoms with E-state index in [0.717, 1.165) is 5.56 Å². The Morgan fingerprint density at radius 1 is 1.38 bits per heavy atom. The van der Waals surface area contributed by atoms with E-state index in [9.17, 15) is 13.2 Å². The number of hydrogen-bond acceptors (Lipinski definition) is 4. The summed E-state index contributed by atoms with van der Waals surface area (Å²) in [4.78, 5) is 12.4. The number of sulfonamides is 1. The van der Waals surface area contributed by atoms with Crippen LogP contribution in [-0.4, -0.2) is 44.9 Å². The molecule has 0 saturated carbocycles. The SMILES string of the molecule is COc1ccc(C)cc1S(=O)(=O)N1CCCC(C(=O)NC(C)C)C1. The van der Waals surface area contributed by atoms with Crippen molar-refractivity contribution in [3.63, 3.8) is 0 Å². The minimum Gasteiger partial charge on any atom is -0.495 e. The van der Waals surface area contributed by atoms with E-state index in [1.54, 1.807) is 12.1 Å². The first-order valence-corrected chi connectivity index (χ1v) is 9.65. The van der Waals surface area contributed by atoms with E-state index in [0.29, 0.717) is 25.1 Å². The van der Waals surface area contributed by atoms with Crippen LogP contribution in [0, 0.1) is 12.8 Å². The lowest BCUT2D eigenvalue weighted by Crippen LogP contribution is -2.46. The van der Waals surface area contributed by atoms with Crippen molar-refractivity contribution in [1.29, 1.82) is 0 Å². The average Bonchev–Trinajstić information content (AvgIpc) is 2.54. The molecule has 0 aliphatic carbocycles. The molecular weight excluding hydrogens is 328 g/mol. The number of piperidine rings is 1. The van der Waals surface area contributed by atoms with Gasteiger partial charge in [0.25, 0.3) is 0 Å². The number of aryl methyl sites for hydroxylation is 1. The van der Waals surface area contributed by atoms with Crippen molar-refractivity contribution in [3.05, 3.63) is 23.8 Å². The highest BCUT2D eigenvalue weighted by molar-refractivity contribution is 7.89. The lowest BCUT2D eigenvalue weighted by molar-refractivity contribution is -0.126. The minimum atomic E-state index is -3.69. The molecule has 134 valence electrons. The van der Waals surface area contributed by atoms with Gasteiger partial charge in [0.1, 0.15) is 10.6 Å². The number of ether oxygens (including phenoxy) is 1. The summed E-state index contributed by atoms with van der Waals surface area (Å²) in [5.74, 6) is -0.0674. The molecule has 1 N–H and O–H groups in total. The number of nitrogens with zero attached hydrogens (tertiary/aromatic N) is 1. The fourth-order valence-corrected chi connectivity index (χ4v) is 4.67. The molecule has 0 spiro atoms. The summed E-state index contributed by atoms with van der Waals surface area (Å²) < 4.78 is 32.7. The molecule has 1 aromatic rings. The molecule has 1 heterocycles. The maximum Gasteiger partial charge on any atom is 0.246 e. The molecule has 1 aliphatic heterocycles. The van der Waals surface area contributed by atoms with Crippen LogP contribution in [0.4, 0.5) is 0 Å². The van der Waals surface area contributed by atoms with Crippen molar-refractivity contribution in [1.82, 2.24) is 9.62 Å². The molecular formula is C17H26N2O4S. The van der Waals surface area contributed by atoms with E-state index in [1.807, 2.05) is 26.8 Å². The molecule has 1 unspecified atom stereocenters. The summed E-state index contributed by atoms with van der Waals surface area (Å²) in [5, 5.41) is 2.87. The van der Waals surface area contributed by atoms with Gasteiger partial charge in [-0.3, -0.25) is 4.79 Å². The molecule has 1 saturated heterocycles. The van der Waals surface area contributed by atoms with Gasteiger partial charge in [-0.15, -0.1) is 0 Å². The van der Waals surface area contributed by atoms with Crippen LogP contribution in [0.3, 0.4) is 0 Å². The number of methoxy groups -OCH3 is 1. The molecule has 2 rings (SSSR count). The van der Waals surface area contributed by atoms with Crippen molar-refractivity contribution < 1.29 is 17.9 Å². The molecule has 0 radical (unpaired) electrons. The average molecular weight is 354 g/mol. The second-order valence-electron chi connectivity index (χ2n) is 6.52. The Kier molecular flexibility index (Phi) is 5.87. The molecule has 1 aliphatic rings. The van der Waals surface area contributed by atoms with Crippen LogP contribution in [0.5, 0.6) is 5.75 Å². The zero-order valence-electron chi connectivity index (χ0n) is 14.7. The molecule has 24 heavy (non-hydrogen) atoms. The Morgan fingerprint density at radius 2 is 2.08 bits per heavy atom. The van der Waals surface area contributed by atoms with E-state index in [2.05, 4.69) is 5.32 Å². The van der Waals surface area contributed by atoms with Gasteiger partial charge in [0.2, 0.25) is 15.9 Å². The molecule has 6 nitrogen and oxygen atoms in total. The number of amides is 1. The third-order valence-corrected chi connectivity index (χ3v) is 6.01. The number of nitrogens with one attached hydrogen (secondary N) is 1. The molecule has 7 heteroatoms. The first kappa shape index (κ1) is 18.7. The lowest BCUT2D eigenvalue weighted by atomic mass is 9.98. The highest BCUT2D eigenvalue weighted by Crippen LogP contribution is 2.30. The van der Waals surface area contributed by atoms with Gasteiger partial charge in [-0.2, -0.15) is 4.31 Å². The van der Waals surface area contributed by atoms with Crippen LogP contribution in [0.2, 0.25) is 0 Å². The van der Waals surface area contributed by atoms with Gasteiger partial charge in [-0.1, -0.05) is 6.07 Å². The number of rotatable bonds is 5. The van der Waals surface area contributed by atoms with Crippen LogP contribution < -0.4 is 10.1 Å². The van der Waals surface area contributed by atoms with E-state index in [-0.39, 0.29) is 29.3 Å². The van der Waals surface area contributed by atoms with Gasteiger partial charge in [0.15, 0.2) is 0 Å². The minimum absolute atomic E-state index is 0.0429. The molecule has 1 amide bonds. The van der Waals surface area contributed by atoms with E-state index in [1.165, 1.54) is 11.4 Å². The molecule has 1 fully saturated rings. The van der Waals surface area contributed by atoms with Gasteiger partial charge in [0.05, 0.1) is 13.0 Å². The predicted molar refractivity (Wildman–Crippen MR) is 92.5 cm³/mol. The van der Waals surface area contributed by atoms with Gasteiger partial charge in [-0.05, 0) is 51.3 Å². The summed E-state index contributed by atoms with van der Waals surface area (Å²) in [6.45, 7) is 6.26. The smallest absolute Gasteiger partial charge is 0.246 e. The Labute approximate surface area is 144 Å². The highest BCUT2D eigenvalue weighted by atomic mass is 32.2. The zero-order chi connectivity index (χ0) is 17.9. The Bertz CT molecular complexity index is 701. The standard InChI is InChI=1S/C17H26N2O4S/c1-12(2)18-17(20)14-6-5-9-19(11-14)24(21,22)16-10-13(3)7-8-15(16)23-4/h7-8,10,12,14H,5-6,9,11H2,1-4H3,(H,18,20). The van der Waals surface area contributed by atoms with Crippen LogP contribution in [0.1, 0.15) is 32.3 Å². The molecule has 1 aromatic carbocycles. The first-order chi connectivity index (χ1) is 11.3. The zero-order valence-corrected chi connectivity index (χ0v) is 15.5. The fraction of sp³-hybridized carbons (Fsp3) is 0.588. The number of hydrogen-bond donors (Lipinski definition) is 1. The molecule has 0 aromatic heterocycles. The van der Waals surface area contributed by atoms with E-state index >= 15 is 0 Å². The lowest BCUT2D eigenvalue weighted by Gasteiger charge is -2.32. The van der Waals surface area contributed by atoms with Crippen molar-refractivity contribution in [3.8, 4) is 5.75 Å². The van der Waals surface area contributed by atoms with Gasteiger partial charge < -0.3 is 10.1 Å². The maximum atomic E-state index is 13.0. The third kappa shape index (κ3) is 4.08. The Hall–Kier alpha value is -1.60. The van der Waals surface area contributed by atoms with E-state index in [4.69, 9.17) is 4.74 Å². The number of carbonyl (C=O) groups excluding carboxylic acids is 1. The van der Waals surface area contributed by atoms with Crippen LogP contribution in [-0.2, 0) is 14.8 Å².